The van der Waals surface area contributed by atoms with Crippen molar-refractivity contribution in [3.8, 4) is 0 Å². The lowest BCUT2D eigenvalue weighted by Crippen LogP contribution is -2.29. The van der Waals surface area contributed by atoms with Gasteiger partial charge >= 0.3 is 0 Å². The van der Waals surface area contributed by atoms with Gasteiger partial charge in [-0.2, -0.15) is 0 Å². The second kappa shape index (κ2) is 10.8. The van der Waals surface area contributed by atoms with Crippen LogP contribution in [0.4, 0.5) is 5.69 Å². The Morgan fingerprint density at radius 2 is 1.93 bits per heavy atom. The fourth-order valence-electron chi connectivity index (χ4n) is 2.72. The van der Waals surface area contributed by atoms with Crippen LogP contribution < -0.4 is 5.32 Å². The Kier molecular flexibility index (Phi) is 8.10. The molecule has 2 aromatic carbocycles. The van der Waals surface area contributed by atoms with Gasteiger partial charge < -0.3 is 5.32 Å². The van der Waals surface area contributed by atoms with E-state index in [0.717, 1.165) is 5.56 Å². The molecule has 0 aromatic heterocycles. The molecule has 0 bridgehead atoms. The molecule has 0 spiro atoms. The van der Waals surface area contributed by atoms with Crippen molar-refractivity contribution in [2.45, 2.75) is 12.8 Å². The van der Waals surface area contributed by atoms with Crippen LogP contribution in [0.5, 0.6) is 0 Å². The monoisotopic (exact) mass is 476 g/mol. The first-order chi connectivity index (χ1) is 14.4. The van der Waals surface area contributed by atoms with Gasteiger partial charge in [0, 0.05) is 18.0 Å². The Morgan fingerprint density at radius 3 is 2.67 bits per heavy atom. The van der Waals surface area contributed by atoms with E-state index in [1.807, 2.05) is 42.5 Å². The van der Waals surface area contributed by atoms with Gasteiger partial charge in [-0.05, 0) is 36.3 Å². The first kappa shape index (κ1) is 22.6. The van der Waals surface area contributed by atoms with Crippen LogP contribution in [0.25, 0.3) is 6.08 Å². The summed E-state index contributed by atoms with van der Waals surface area (Å²) in [5.41, 5.74) is 1.56. The number of thioether (sulfide) groups is 1. The van der Waals surface area contributed by atoms with E-state index in [2.05, 4.69) is 5.32 Å². The molecule has 0 aliphatic carbocycles. The summed E-state index contributed by atoms with van der Waals surface area (Å²) in [6, 6.07) is 14.7. The van der Waals surface area contributed by atoms with E-state index in [0.29, 0.717) is 37.9 Å². The van der Waals surface area contributed by atoms with Crippen molar-refractivity contribution in [3.05, 3.63) is 81.2 Å². The minimum Gasteiger partial charge on any atom is -0.325 e. The molecule has 2 amide bonds. The normalized spacial score (nSPS) is 15.4. The number of allylic oxidation sites excluding steroid dienone is 2. The summed E-state index contributed by atoms with van der Waals surface area (Å²) >= 11 is 18.5. The Balaban J connectivity index is 1.50. The summed E-state index contributed by atoms with van der Waals surface area (Å²) in [5.74, 6) is -0.324. The summed E-state index contributed by atoms with van der Waals surface area (Å²) in [6.45, 7) is 0.381. The Labute approximate surface area is 194 Å². The summed E-state index contributed by atoms with van der Waals surface area (Å²) in [7, 11) is 0. The highest BCUT2D eigenvalue weighted by atomic mass is 35.5. The van der Waals surface area contributed by atoms with Gasteiger partial charge in [0.2, 0.25) is 5.91 Å². The number of anilines is 1. The second-order valence-corrected chi connectivity index (χ2v) is 8.92. The molecular weight excluding hydrogens is 459 g/mol. The maximum absolute atomic E-state index is 12.6. The van der Waals surface area contributed by atoms with Gasteiger partial charge in [-0.15, -0.1) is 0 Å². The van der Waals surface area contributed by atoms with Crippen molar-refractivity contribution >= 4 is 75.1 Å². The fraction of sp³-hybridized carbons (Fsp3) is 0.136. The van der Waals surface area contributed by atoms with E-state index in [1.165, 1.54) is 16.7 Å². The summed E-state index contributed by atoms with van der Waals surface area (Å²) in [5, 5.41) is 3.62. The van der Waals surface area contributed by atoms with Crippen molar-refractivity contribution in [2.24, 2.45) is 0 Å². The molecule has 1 heterocycles. The zero-order chi connectivity index (χ0) is 21.5. The van der Waals surface area contributed by atoms with Crippen LogP contribution in [-0.4, -0.2) is 27.6 Å². The molecule has 3 rings (SSSR count). The van der Waals surface area contributed by atoms with Crippen LogP contribution in [0.3, 0.4) is 0 Å². The maximum Gasteiger partial charge on any atom is 0.266 e. The molecule has 4 nitrogen and oxygen atoms in total. The number of amides is 2. The molecule has 1 aliphatic rings. The molecule has 1 N–H and O–H groups in total. The third-order valence-corrected chi connectivity index (χ3v) is 6.14. The van der Waals surface area contributed by atoms with Gasteiger partial charge in [0.15, 0.2) is 0 Å². The van der Waals surface area contributed by atoms with Crippen molar-refractivity contribution in [3.63, 3.8) is 0 Å². The molecule has 1 fully saturated rings. The molecule has 1 saturated heterocycles. The minimum atomic E-state index is -0.189. The number of nitrogens with one attached hydrogen (secondary N) is 1. The molecule has 8 heteroatoms. The number of carbonyl (C=O) groups is 2. The quantitative estimate of drug-likeness (QED) is 0.383. The highest BCUT2D eigenvalue weighted by molar-refractivity contribution is 8.26. The van der Waals surface area contributed by atoms with Crippen LogP contribution in [0.1, 0.15) is 18.4 Å². The molecule has 0 atom stereocenters. The Bertz CT molecular complexity index is 1020. The summed E-state index contributed by atoms with van der Waals surface area (Å²) < 4.78 is 0.500. The molecule has 0 radical (unpaired) electrons. The van der Waals surface area contributed by atoms with E-state index < -0.39 is 0 Å². The lowest BCUT2D eigenvalue weighted by Gasteiger charge is -2.14. The number of benzene rings is 2. The van der Waals surface area contributed by atoms with Crippen molar-refractivity contribution in [1.82, 2.24) is 4.90 Å². The lowest BCUT2D eigenvalue weighted by atomic mass is 10.2. The zero-order valence-corrected chi connectivity index (χ0v) is 19.0. The van der Waals surface area contributed by atoms with Gasteiger partial charge in [0.05, 0.1) is 15.6 Å². The smallest absolute Gasteiger partial charge is 0.266 e. The molecule has 30 heavy (non-hydrogen) atoms. The number of thiocarbonyl (C=S) groups is 1. The standard InChI is InChI=1S/C22H18Cl2N2O2S2/c23-16-11-12-18(17(24)14-16)25-20(27)10-5-13-26-21(28)19(30-22(26)29)9-4-8-15-6-2-1-3-7-15/h1-4,6-9,11-12,14H,5,10,13H2,(H,25,27)/b8-4+,19-9-. The molecule has 0 saturated carbocycles. The van der Waals surface area contributed by atoms with Crippen LogP contribution >= 0.6 is 47.2 Å². The highest BCUT2D eigenvalue weighted by Crippen LogP contribution is 2.31. The first-order valence-electron chi connectivity index (χ1n) is 9.16. The number of rotatable bonds is 7. The predicted octanol–water partition coefficient (Wildman–Crippen LogP) is 6.17. The topological polar surface area (TPSA) is 49.4 Å². The minimum absolute atomic E-state index is 0.135. The van der Waals surface area contributed by atoms with Crippen LogP contribution in [-0.2, 0) is 9.59 Å². The first-order valence-corrected chi connectivity index (χ1v) is 11.1. The van der Waals surface area contributed by atoms with E-state index in [4.69, 9.17) is 35.4 Å². The largest absolute Gasteiger partial charge is 0.325 e. The van der Waals surface area contributed by atoms with Crippen molar-refractivity contribution in [1.29, 1.82) is 0 Å². The fourth-order valence-corrected chi connectivity index (χ4v) is 4.43. The Hall–Kier alpha value is -2.12. The second-order valence-electron chi connectivity index (χ2n) is 6.40. The van der Waals surface area contributed by atoms with Crippen molar-refractivity contribution in [2.75, 3.05) is 11.9 Å². The molecule has 2 aromatic rings. The van der Waals surface area contributed by atoms with E-state index >= 15 is 0 Å². The third-order valence-electron chi connectivity index (χ3n) is 4.20. The predicted molar refractivity (Wildman–Crippen MR) is 130 cm³/mol. The molecule has 1 aliphatic heterocycles. The molecule has 0 unspecified atom stereocenters. The highest BCUT2D eigenvalue weighted by Gasteiger charge is 2.31. The average Bonchev–Trinajstić information content (AvgIpc) is 2.98. The van der Waals surface area contributed by atoms with Crippen molar-refractivity contribution < 1.29 is 9.59 Å². The maximum atomic E-state index is 12.6. The third kappa shape index (κ3) is 6.19. The van der Waals surface area contributed by atoms with Crippen LogP contribution in [0, 0.1) is 0 Å². The average molecular weight is 477 g/mol. The molecule has 154 valence electrons. The van der Waals surface area contributed by atoms with Gasteiger partial charge in [-0.1, -0.05) is 89.7 Å². The number of carbonyl (C=O) groups excluding carboxylic acids is 2. The Morgan fingerprint density at radius 1 is 1.17 bits per heavy atom. The zero-order valence-electron chi connectivity index (χ0n) is 15.8. The number of halogens is 2. The SMILES string of the molecule is O=C(CCCN1C(=O)/C(=C/C=C/c2ccccc2)SC1=S)Nc1ccc(Cl)cc1Cl. The van der Waals surface area contributed by atoms with Crippen LogP contribution in [0.15, 0.2) is 65.6 Å². The van der Waals surface area contributed by atoms with Gasteiger partial charge in [0.25, 0.3) is 5.91 Å². The van der Waals surface area contributed by atoms with E-state index in [-0.39, 0.29) is 18.2 Å². The number of hydrogen-bond acceptors (Lipinski definition) is 4. The summed E-state index contributed by atoms with van der Waals surface area (Å²) in [6.07, 6.45) is 6.25. The van der Waals surface area contributed by atoms with Crippen LogP contribution in [0.2, 0.25) is 10.0 Å². The van der Waals surface area contributed by atoms with Gasteiger partial charge in [-0.25, -0.2) is 0 Å². The number of nitrogens with zero attached hydrogens (tertiary/aromatic N) is 1. The van der Waals surface area contributed by atoms with E-state index in [9.17, 15) is 9.59 Å². The van der Waals surface area contributed by atoms with E-state index in [1.54, 1.807) is 24.3 Å². The molecular formula is C22H18Cl2N2O2S2. The summed E-state index contributed by atoms with van der Waals surface area (Å²) in [4.78, 5) is 26.9. The number of hydrogen-bond donors (Lipinski definition) is 1. The lowest BCUT2D eigenvalue weighted by molar-refractivity contribution is -0.122. The van der Waals surface area contributed by atoms with Gasteiger partial charge in [-0.3, -0.25) is 14.5 Å². The van der Waals surface area contributed by atoms with Gasteiger partial charge in [0.1, 0.15) is 4.32 Å².